The van der Waals surface area contributed by atoms with E-state index in [2.05, 4.69) is 4.98 Å². The maximum Gasteiger partial charge on any atom is 0.340 e. The Hall–Kier alpha value is -2.35. The van der Waals surface area contributed by atoms with Crippen LogP contribution < -0.4 is 0 Å². The standard InChI is InChI=1S/C19H25N3O5/c1-4-26-18(25)15-11(2)16(20-12(15)3)17(24)21-8-6-19-13(21)10-14(23)22(19)7-5-9-27-19/h13,20H,4-10H2,1-3H3/t13-,19+/m1/s1. The first-order valence-electron chi connectivity index (χ1n) is 9.52. The molecule has 4 rings (SSSR count). The predicted molar refractivity (Wildman–Crippen MR) is 95.3 cm³/mol. The molecule has 3 aliphatic heterocycles. The molecule has 27 heavy (non-hydrogen) atoms. The van der Waals surface area contributed by atoms with Crippen LogP contribution in [-0.4, -0.2) is 70.6 Å². The van der Waals surface area contributed by atoms with Gasteiger partial charge < -0.3 is 24.3 Å². The molecule has 0 aliphatic carbocycles. The molecule has 3 aliphatic rings. The van der Waals surface area contributed by atoms with E-state index in [-0.39, 0.29) is 30.9 Å². The molecular formula is C19H25N3O5. The molecule has 146 valence electrons. The van der Waals surface area contributed by atoms with Crippen molar-refractivity contribution in [3.8, 4) is 0 Å². The number of carbonyl (C=O) groups is 3. The molecular weight excluding hydrogens is 350 g/mol. The molecule has 0 radical (unpaired) electrons. The van der Waals surface area contributed by atoms with Gasteiger partial charge in [0.2, 0.25) is 5.91 Å². The van der Waals surface area contributed by atoms with E-state index in [1.165, 1.54) is 0 Å². The number of hydrogen-bond acceptors (Lipinski definition) is 5. The number of nitrogens with zero attached hydrogens (tertiary/aromatic N) is 2. The molecule has 1 spiro atoms. The van der Waals surface area contributed by atoms with Gasteiger partial charge in [-0.25, -0.2) is 4.79 Å². The van der Waals surface area contributed by atoms with Crippen molar-refractivity contribution in [1.82, 2.24) is 14.8 Å². The third-order valence-electron chi connectivity index (χ3n) is 6.00. The fourth-order valence-corrected chi connectivity index (χ4v) is 4.81. The average Bonchev–Trinajstić information content (AvgIpc) is 3.22. The summed E-state index contributed by atoms with van der Waals surface area (Å²) in [6.07, 6.45) is 1.74. The summed E-state index contributed by atoms with van der Waals surface area (Å²) in [5, 5.41) is 0. The molecule has 2 atom stereocenters. The Morgan fingerprint density at radius 3 is 2.85 bits per heavy atom. The van der Waals surface area contributed by atoms with Crippen LogP contribution in [0.1, 0.15) is 58.3 Å². The Labute approximate surface area is 157 Å². The van der Waals surface area contributed by atoms with Gasteiger partial charge in [-0.2, -0.15) is 0 Å². The molecule has 4 heterocycles. The summed E-state index contributed by atoms with van der Waals surface area (Å²) in [4.78, 5) is 44.6. The van der Waals surface area contributed by atoms with Crippen molar-refractivity contribution in [2.24, 2.45) is 0 Å². The van der Waals surface area contributed by atoms with Gasteiger partial charge in [0, 0.05) is 25.2 Å². The molecule has 0 saturated carbocycles. The molecule has 8 heteroatoms. The second kappa shape index (κ2) is 6.37. The summed E-state index contributed by atoms with van der Waals surface area (Å²) in [5.41, 5.74) is 1.31. The number of hydrogen-bond donors (Lipinski definition) is 1. The first kappa shape index (κ1) is 18.0. The summed E-state index contributed by atoms with van der Waals surface area (Å²) in [6, 6.07) is -0.285. The van der Waals surface area contributed by atoms with Crippen LogP contribution in [0.3, 0.4) is 0 Å². The van der Waals surface area contributed by atoms with E-state index in [9.17, 15) is 14.4 Å². The van der Waals surface area contributed by atoms with Gasteiger partial charge in [-0.15, -0.1) is 0 Å². The fraction of sp³-hybridized carbons (Fsp3) is 0.632. The largest absolute Gasteiger partial charge is 0.462 e. The Balaban J connectivity index is 1.64. The number of amides is 2. The monoisotopic (exact) mass is 375 g/mol. The summed E-state index contributed by atoms with van der Waals surface area (Å²) in [6.45, 7) is 7.35. The number of H-pyrrole nitrogens is 1. The van der Waals surface area contributed by atoms with Gasteiger partial charge in [0.1, 0.15) is 5.69 Å². The number of aromatic amines is 1. The molecule has 0 aromatic carbocycles. The summed E-state index contributed by atoms with van der Waals surface area (Å²) in [5.74, 6) is -0.584. The minimum Gasteiger partial charge on any atom is -0.462 e. The average molecular weight is 375 g/mol. The van der Waals surface area contributed by atoms with Crippen molar-refractivity contribution in [1.29, 1.82) is 0 Å². The topological polar surface area (TPSA) is 91.9 Å². The van der Waals surface area contributed by atoms with Gasteiger partial charge in [-0.1, -0.05) is 0 Å². The number of ether oxygens (including phenoxy) is 2. The highest BCUT2D eigenvalue weighted by Crippen LogP contribution is 2.45. The van der Waals surface area contributed by atoms with Crippen LogP contribution in [0.4, 0.5) is 0 Å². The molecule has 1 aromatic rings. The third kappa shape index (κ3) is 2.50. The Morgan fingerprint density at radius 2 is 2.11 bits per heavy atom. The zero-order valence-corrected chi connectivity index (χ0v) is 16.0. The van der Waals surface area contributed by atoms with Gasteiger partial charge in [-0.3, -0.25) is 9.59 Å². The molecule has 0 unspecified atom stereocenters. The lowest BCUT2D eigenvalue weighted by atomic mass is 10.0. The summed E-state index contributed by atoms with van der Waals surface area (Å²) >= 11 is 0. The number of rotatable bonds is 3. The third-order valence-corrected chi connectivity index (χ3v) is 6.00. The second-order valence-corrected chi connectivity index (χ2v) is 7.41. The van der Waals surface area contributed by atoms with Crippen LogP contribution >= 0.6 is 0 Å². The number of aryl methyl sites for hydroxylation is 1. The Morgan fingerprint density at radius 1 is 1.33 bits per heavy atom. The number of nitrogens with one attached hydrogen (secondary N) is 1. The van der Waals surface area contributed by atoms with Crippen LogP contribution in [0.15, 0.2) is 0 Å². The smallest absolute Gasteiger partial charge is 0.340 e. The van der Waals surface area contributed by atoms with Crippen LogP contribution in [0.25, 0.3) is 0 Å². The van der Waals surface area contributed by atoms with Gasteiger partial charge in [0.25, 0.3) is 5.91 Å². The SMILES string of the molecule is CCOC(=O)c1c(C)[nH]c(C(=O)N2CC[C@@]34OCCCN3C(=O)C[C@@H]24)c1C. The fourth-order valence-electron chi connectivity index (χ4n) is 4.81. The Bertz CT molecular complexity index is 817. The molecule has 3 fully saturated rings. The summed E-state index contributed by atoms with van der Waals surface area (Å²) < 4.78 is 11.2. The van der Waals surface area contributed by atoms with E-state index in [0.29, 0.717) is 48.6 Å². The van der Waals surface area contributed by atoms with E-state index in [1.54, 1.807) is 25.7 Å². The number of esters is 1. The lowest BCUT2D eigenvalue weighted by Gasteiger charge is -2.42. The number of likely N-dealkylation sites (tertiary alicyclic amines) is 1. The molecule has 0 bridgehead atoms. The van der Waals surface area contributed by atoms with Crippen molar-refractivity contribution < 1.29 is 23.9 Å². The number of aromatic nitrogens is 1. The van der Waals surface area contributed by atoms with E-state index in [0.717, 1.165) is 6.42 Å². The van der Waals surface area contributed by atoms with E-state index in [1.807, 2.05) is 4.90 Å². The zero-order valence-electron chi connectivity index (χ0n) is 16.0. The number of carbonyl (C=O) groups excluding carboxylic acids is 3. The first-order valence-corrected chi connectivity index (χ1v) is 9.52. The zero-order chi connectivity index (χ0) is 19.3. The molecule has 8 nitrogen and oxygen atoms in total. The van der Waals surface area contributed by atoms with Gasteiger partial charge >= 0.3 is 5.97 Å². The highest BCUT2D eigenvalue weighted by atomic mass is 16.5. The van der Waals surface area contributed by atoms with Crippen LogP contribution in [0.2, 0.25) is 0 Å². The highest BCUT2D eigenvalue weighted by molar-refractivity contribution is 6.01. The molecule has 3 saturated heterocycles. The lowest BCUT2D eigenvalue weighted by Crippen LogP contribution is -2.56. The van der Waals surface area contributed by atoms with E-state index >= 15 is 0 Å². The first-order chi connectivity index (χ1) is 12.9. The van der Waals surface area contributed by atoms with E-state index < -0.39 is 11.7 Å². The van der Waals surface area contributed by atoms with Crippen molar-refractivity contribution in [3.63, 3.8) is 0 Å². The minimum absolute atomic E-state index is 0.0452. The summed E-state index contributed by atoms with van der Waals surface area (Å²) in [7, 11) is 0. The lowest BCUT2D eigenvalue weighted by molar-refractivity contribution is -0.179. The molecule has 1 aromatic heterocycles. The van der Waals surface area contributed by atoms with Crippen LogP contribution in [0, 0.1) is 13.8 Å². The molecule has 2 amide bonds. The highest BCUT2D eigenvalue weighted by Gasteiger charge is 2.61. The molecule has 1 N–H and O–H groups in total. The second-order valence-electron chi connectivity index (χ2n) is 7.41. The van der Waals surface area contributed by atoms with Crippen LogP contribution in [0.5, 0.6) is 0 Å². The van der Waals surface area contributed by atoms with Gasteiger partial charge in [0.05, 0.1) is 31.2 Å². The van der Waals surface area contributed by atoms with Crippen molar-refractivity contribution in [3.05, 3.63) is 22.5 Å². The van der Waals surface area contributed by atoms with Crippen molar-refractivity contribution >= 4 is 17.8 Å². The maximum atomic E-state index is 13.3. The van der Waals surface area contributed by atoms with Crippen molar-refractivity contribution in [2.75, 3.05) is 26.3 Å². The quantitative estimate of drug-likeness (QED) is 0.806. The van der Waals surface area contributed by atoms with Gasteiger partial charge in [0.15, 0.2) is 5.72 Å². The minimum atomic E-state index is -0.676. The maximum absolute atomic E-state index is 13.3. The Kier molecular flexibility index (Phi) is 4.25. The van der Waals surface area contributed by atoms with Crippen LogP contribution in [-0.2, 0) is 14.3 Å². The van der Waals surface area contributed by atoms with E-state index in [4.69, 9.17) is 9.47 Å². The van der Waals surface area contributed by atoms with Crippen molar-refractivity contribution in [2.45, 2.75) is 51.8 Å². The predicted octanol–water partition coefficient (Wildman–Crippen LogP) is 1.37. The van der Waals surface area contributed by atoms with Gasteiger partial charge in [-0.05, 0) is 32.8 Å². The normalized spacial score (nSPS) is 26.9.